The first kappa shape index (κ1) is 9.23. The number of nitrogens with two attached hydrogens (primary N) is 1. The molecule has 0 aliphatic rings. The molecule has 0 radical (unpaired) electrons. The van der Waals surface area contributed by atoms with Crippen LogP contribution in [0.1, 0.15) is 13.3 Å². The monoisotopic (exact) mass is 146 g/mol. The Bertz CT molecular complexity index is 114. The summed E-state index contributed by atoms with van der Waals surface area (Å²) < 4.78 is 4.73. The molecule has 60 valence electrons. The highest BCUT2D eigenvalue weighted by atomic mass is 16.6. The van der Waals surface area contributed by atoms with Gasteiger partial charge in [-0.05, 0) is 20.5 Å². The van der Waals surface area contributed by atoms with Crippen molar-refractivity contribution in [2.24, 2.45) is 5.73 Å². The molecule has 0 fully saturated rings. The molecule has 0 rings (SSSR count). The van der Waals surface area contributed by atoms with Crippen LogP contribution in [0.2, 0.25) is 0 Å². The van der Waals surface area contributed by atoms with Crippen molar-refractivity contribution >= 4 is 6.09 Å². The number of primary amides is 1. The third-order valence-corrected chi connectivity index (χ3v) is 1.18. The lowest BCUT2D eigenvalue weighted by molar-refractivity contribution is 0.0170. The van der Waals surface area contributed by atoms with Gasteiger partial charge >= 0.3 is 6.09 Å². The Hall–Kier alpha value is -0.770. The number of nitrogens with zero attached hydrogens (tertiary/aromatic N) is 1. The summed E-state index contributed by atoms with van der Waals surface area (Å²) in [5.74, 6) is 0. The summed E-state index contributed by atoms with van der Waals surface area (Å²) in [7, 11) is 3.66. The second kappa shape index (κ2) is 4.11. The SMILES string of the molecule is CCC(OC(N)=O)N(C)C. The van der Waals surface area contributed by atoms with Crippen LogP contribution in [-0.2, 0) is 4.74 Å². The second-order valence-electron chi connectivity index (χ2n) is 2.26. The predicted molar refractivity (Wildman–Crippen MR) is 38.4 cm³/mol. The van der Waals surface area contributed by atoms with E-state index in [1.54, 1.807) is 4.90 Å². The van der Waals surface area contributed by atoms with Crippen LogP contribution in [0, 0.1) is 0 Å². The molecule has 0 aliphatic carbocycles. The minimum absolute atomic E-state index is 0.197. The third-order valence-electron chi connectivity index (χ3n) is 1.18. The molecule has 0 aromatic carbocycles. The fraction of sp³-hybridized carbons (Fsp3) is 0.833. The molecule has 0 heterocycles. The van der Waals surface area contributed by atoms with Crippen LogP contribution in [0.5, 0.6) is 0 Å². The van der Waals surface area contributed by atoms with Crippen LogP contribution in [0.3, 0.4) is 0 Å². The summed E-state index contributed by atoms with van der Waals surface area (Å²) in [6.07, 6.45) is -0.173. The van der Waals surface area contributed by atoms with Gasteiger partial charge < -0.3 is 10.5 Å². The van der Waals surface area contributed by atoms with E-state index in [1.807, 2.05) is 21.0 Å². The zero-order chi connectivity index (χ0) is 8.15. The highest BCUT2D eigenvalue weighted by Crippen LogP contribution is 1.99. The van der Waals surface area contributed by atoms with Gasteiger partial charge in [-0.2, -0.15) is 0 Å². The average Bonchev–Trinajstić information content (AvgIpc) is 1.81. The lowest BCUT2D eigenvalue weighted by atomic mass is 10.4. The van der Waals surface area contributed by atoms with Crippen molar-refractivity contribution in [3.63, 3.8) is 0 Å². The first-order valence-electron chi connectivity index (χ1n) is 3.20. The van der Waals surface area contributed by atoms with Gasteiger partial charge in [0.25, 0.3) is 0 Å². The van der Waals surface area contributed by atoms with Gasteiger partial charge in [-0.25, -0.2) is 4.79 Å². The van der Waals surface area contributed by atoms with Gasteiger partial charge in [-0.1, -0.05) is 6.92 Å². The Labute approximate surface area is 60.9 Å². The number of hydrogen-bond donors (Lipinski definition) is 1. The fourth-order valence-corrected chi connectivity index (χ4v) is 0.688. The molecule has 1 unspecified atom stereocenters. The Morgan fingerprint density at radius 1 is 1.70 bits per heavy atom. The van der Waals surface area contributed by atoms with Crippen LogP contribution in [0.15, 0.2) is 0 Å². The van der Waals surface area contributed by atoms with Crippen molar-refractivity contribution < 1.29 is 9.53 Å². The Kier molecular flexibility index (Phi) is 3.79. The lowest BCUT2D eigenvalue weighted by Crippen LogP contribution is -2.34. The van der Waals surface area contributed by atoms with Gasteiger partial charge in [0.15, 0.2) is 6.23 Å². The van der Waals surface area contributed by atoms with Gasteiger partial charge in [0.05, 0.1) is 0 Å². The maximum atomic E-state index is 10.2. The van der Waals surface area contributed by atoms with E-state index < -0.39 is 6.09 Å². The van der Waals surface area contributed by atoms with Crippen LogP contribution in [-0.4, -0.2) is 31.3 Å². The highest BCUT2D eigenvalue weighted by molar-refractivity contribution is 5.64. The van der Waals surface area contributed by atoms with Crippen LogP contribution < -0.4 is 5.73 Å². The Morgan fingerprint density at radius 2 is 2.20 bits per heavy atom. The van der Waals surface area contributed by atoms with Gasteiger partial charge in [-0.3, -0.25) is 4.90 Å². The number of hydrogen-bond acceptors (Lipinski definition) is 3. The molecule has 2 N–H and O–H groups in total. The number of carbonyl (C=O) groups excluding carboxylic acids is 1. The predicted octanol–water partition coefficient (Wildman–Crippen LogP) is 0.379. The molecular weight excluding hydrogens is 132 g/mol. The molecule has 0 spiro atoms. The standard InChI is InChI=1S/C6H14N2O2/c1-4-5(8(2)3)10-6(7)9/h5H,4H2,1-3H3,(H2,7,9). The summed E-state index contributed by atoms with van der Waals surface area (Å²) in [5.41, 5.74) is 4.82. The number of amides is 1. The number of ether oxygens (including phenoxy) is 1. The topological polar surface area (TPSA) is 55.6 Å². The summed E-state index contributed by atoms with van der Waals surface area (Å²) in [5, 5.41) is 0. The lowest BCUT2D eigenvalue weighted by Gasteiger charge is -2.21. The van der Waals surface area contributed by atoms with Crippen LogP contribution in [0.4, 0.5) is 4.79 Å². The first-order chi connectivity index (χ1) is 4.57. The molecule has 1 amide bonds. The highest BCUT2D eigenvalue weighted by Gasteiger charge is 2.10. The minimum atomic E-state index is -0.722. The van der Waals surface area contributed by atoms with E-state index >= 15 is 0 Å². The second-order valence-corrected chi connectivity index (χ2v) is 2.26. The van der Waals surface area contributed by atoms with E-state index in [0.717, 1.165) is 6.42 Å². The number of carbonyl (C=O) groups is 1. The van der Waals surface area contributed by atoms with E-state index in [0.29, 0.717) is 0 Å². The third kappa shape index (κ3) is 3.29. The van der Waals surface area contributed by atoms with E-state index in [4.69, 9.17) is 10.5 Å². The van der Waals surface area contributed by atoms with Crippen LogP contribution >= 0.6 is 0 Å². The van der Waals surface area contributed by atoms with Crippen LogP contribution in [0.25, 0.3) is 0 Å². The van der Waals surface area contributed by atoms with E-state index in [1.165, 1.54) is 0 Å². The van der Waals surface area contributed by atoms with Crippen molar-refractivity contribution in [2.45, 2.75) is 19.6 Å². The summed E-state index contributed by atoms with van der Waals surface area (Å²) in [6.45, 7) is 1.92. The van der Waals surface area contributed by atoms with Gasteiger partial charge in [0, 0.05) is 0 Å². The fourth-order valence-electron chi connectivity index (χ4n) is 0.688. The zero-order valence-corrected chi connectivity index (χ0v) is 6.63. The first-order valence-corrected chi connectivity index (χ1v) is 3.20. The largest absolute Gasteiger partial charge is 0.430 e. The minimum Gasteiger partial charge on any atom is -0.430 e. The average molecular weight is 146 g/mol. The molecule has 0 saturated carbocycles. The van der Waals surface area contributed by atoms with E-state index in [-0.39, 0.29) is 6.23 Å². The smallest absolute Gasteiger partial charge is 0.406 e. The van der Waals surface area contributed by atoms with Crippen molar-refractivity contribution in [3.05, 3.63) is 0 Å². The molecule has 4 heteroatoms. The molecule has 1 atom stereocenters. The van der Waals surface area contributed by atoms with Crippen molar-refractivity contribution in [3.8, 4) is 0 Å². The Balaban J connectivity index is 3.71. The zero-order valence-electron chi connectivity index (χ0n) is 6.63. The van der Waals surface area contributed by atoms with Crippen molar-refractivity contribution in [1.82, 2.24) is 4.90 Å². The maximum Gasteiger partial charge on any atom is 0.406 e. The Morgan fingerprint density at radius 3 is 2.30 bits per heavy atom. The summed E-state index contributed by atoms with van der Waals surface area (Å²) >= 11 is 0. The molecule has 0 saturated heterocycles. The maximum absolute atomic E-state index is 10.2. The van der Waals surface area contributed by atoms with Crippen molar-refractivity contribution in [1.29, 1.82) is 0 Å². The van der Waals surface area contributed by atoms with E-state index in [9.17, 15) is 4.79 Å². The molecule has 0 bridgehead atoms. The van der Waals surface area contributed by atoms with Gasteiger partial charge in [0.2, 0.25) is 0 Å². The van der Waals surface area contributed by atoms with E-state index in [2.05, 4.69) is 0 Å². The molecule has 10 heavy (non-hydrogen) atoms. The molecule has 4 nitrogen and oxygen atoms in total. The molecule has 0 aliphatic heterocycles. The van der Waals surface area contributed by atoms with Crippen molar-refractivity contribution in [2.75, 3.05) is 14.1 Å². The van der Waals surface area contributed by atoms with Gasteiger partial charge in [0.1, 0.15) is 0 Å². The normalized spacial score (nSPS) is 13.2. The summed E-state index contributed by atoms with van der Waals surface area (Å²) in [6, 6.07) is 0. The van der Waals surface area contributed by atoms with Gasteiger partial charge in [-0.15, -0.1) is 0 Å². The molecule has 0 aromatic heterocycles. The summed E-state index contributed by atoms with van der Waals surface area (Å²) in [4.78, 5) is 12.0. The molecule has 0 aromatic rings. The quantitative estimate of drug-likeness (QED) is 0.585. The molecular formula is C6H14N2O2. The number of rotatable bonds is 3.